The van der Waals surface area contributed by atoms with Crippen LogP contribution in [-0.4, -0.2) is 12.4 Å². The lowest BCUT2D eigenvalue weighted by Gasteiger charge is -2.17. The van der Waals surface area contributed by atoms with E-state index in [0.717, 1.165) is 5.56 Å². The van der Waals surface area contributed by atoms with Gasteiger partial charge in [0, 0.05) is 0 Å². The van der Waals surface area contributed by atoms with Gasteiger partial charge >= 0.3 is 0 Å². The van der Waals surface area contributed by atoms with Crippen molar-refractivity contribution in [3.8, 4) is 0 Å². The second-order valence-corrected chi connectivity index (χ2v) is 3.88. The number of carbonyl (C=O) groups is 1. The maximum absolute atomic E-state index is 11.3. The molecule has 1 aromatic carbocycles. The first-order chi connectivity index (χ1) is 6.67. The minimum absolute atomic E-state index is 0.0510. The number of carbonyl (C=O) groups excluding carboxylic acids is 1. The average Bonchev–Trinajstić information content (AvgIpc) is 2.99. The second kappa shape index (κ2) is 3.21. The van der Waals surface area contributed by atoms with Gasteiger partial charge in [0.05, 0.1) is 12.5 Å². The van der Waals surface area contributed by atoms with Crippen molar-refractivity contribution in [1.29, 1.82) is 0 Å². The Kier molecular flexibility index (Phi) is 2.16. The number of Topliss-reactive ketones (excluding diaryl/α,β-unsaturated/α-hetero) is 1. The van der Waals surface area contributed by atoms with Crippen LogP contribution in [0.3, 0.4) is 0 Å². The third kappa shape index (κ3) is 1.36. The molecule has 0 aromatic heterocycles. The van der Waals surface area contributed by atoms with Crippen LogP contribution in [0.25, 0.3) is 0 Å². The molecule has 2 rings (SSSR count). The number of hydrogen-bond donors (Lipinski definition) is 0. The van der Waals surface area contributed by atoms with Gasteiger partial charge in [0.2, 0.25) is 0 Å². The number of benzene rings is 1. The van der Waals surface area contributed by atoms with Gasteiger partial charge in [-0.2, -0.15) is 0 Å². The fourth-order valence-corrected chi connectivity index (χ4v) is 1.79. The van der Waals surface area contributed by atoms with E-state index in [1.165, 1.54) is 0 Å². The molecule has 2 atom stereocenters. The third-order valence-electron chi connectivity index (χ3n) is 3.03. The number of rotatable bonds is 3. The molecule has 1 fully saturated rings. The highest BCUT2D eigenvalue weighted by molar-refractivity contribution is 5.80. The predicted molar refractivity (Wildman–Crippen MR) is 53.9 cm³/mol. The van der Waals surface area contributed by atoms with Gasteiger partial charge in [0.1, 0.15) is 11.4 Å². The fourth-order valence-electron chi connectivity index (χ4n) is 1.79. The van der Waals surface area contributed by atoms with Crippen molar-refractivity contribution in [3.05, 3.63) is 35.9 Å². The summed E-state index contributed by atoms with van der Waals surface area (Å²) < 4.78 is 5.48. The van der Waals surface area contributed by atoms with Crippen LogP contribution in [0.5, 0.6) is 0 Å². The zero-order valence-corrected chi connectivity index (χ0v) is 8.49. The molecule has 0 N–H and O–H groups in total. The Bertz CT molecular complexity index is 339. The summed E-state index contributed by atoms with van der Waals surface area (Å²) in [6.07, 6.45) is 0. The van der Waals surface area contributed by atoms with Crippen molar-refractivity contribution in [1.82, 2.24) is 0 Å². The zero-order chi connectivity index (χ0) is 10.2. The maximum atomic E-state index is 11.3. The zero-order valence-electron chi connectivity index (χ0n) is 8.49. The highest BCUT2D eigenvalue weighted by Gasteiger charge is 2.52. The van der Waals surface area contributed by atoms with Crippen LogP contribution >= 0.6 is 0 Å². The van der Waals surface area contributed by atoms with Gasteiger partial charge in [0.15, 0.2) is 0 Å². The molecular formula is C12H14O2. The molecule has 0 amide bonds. The van der Waals surface area contributed by atoms with E-state index in [4.69, 9.17) is 4.74 Å². The van der Waals surface area contributed by atoms with E-state index in [1.807, 2.05) is 37.3 Å². The Hall–Kier alpha value is -1.15. The van der Waals surface area contributed by atoms with Gasteiger partial charge in [-0.15, -0.1) is 0 Å². The molecule has 1 aliphatic rings. The molecule has 2 heteroatoms. The van der Waals surface area contributed by atoms with E-state index >= 15 is 0 Å². The number of epoxide rings is 1. The van der Waals surface area contributed by atoms with Crippen LogP contribution in [0.4, 0.5) is 0 Å². The second-order valence-electron chi connectivity index (χ2n) is 3.88. The Morgan fingerprint density at radius 3 is 2.43 bits per heavy atom. The summed E-state index contributed by atoms with van der Waals surface area (Å²) in [6, 6.07) is 9.97. The minimum Gasteiger partial charge on any atom is -0.364 e. The lowest BCUT2D eigenvalue weighted by Crippen LogP contribution is -2.25. The maximum Gasteiger partial charge on any atom is 0.135 e. The van der Waals surface area contributed by atoms with Crippen LogP contribution in [0.2, 0.25) is 0 Å². The minimum atomic E-state index is -0.326. The topological polar surface area (TPSA) is 29.6 Å². The molecule has 0 saturated carbocycles. The van der Waals surface area contributed by atoms with Crippen LogP contribution in [0, 0.1) is 5.92 Å². The van der Waals surface area contributed by atoms with E-state index in [1.54, 1.807) is 6.92 Å². The molecule has 0 aliphatic carbocycles. The quantitative estimate of drug-likeness (QED) is 0.683. The summed E-state index contributed by atoms with van der Waals surface area (Å²) in [5, 5.41) is 0. The summed E-state index contributed by atoms with van der Waals surface area (Å²) in [6.45, 7) is 4.22. The summed E-state index contributed by atoms with van der Waals surface area (Å²) in [5.74, 6) is 0.135. The molecule has 0 bridgehead atoms. The molecule has 1 aliphatic heterocycles. The predicted octanol–water partition coefficient (Wildman–Crippen LogP) is 2.14. The first kappa shape index (κ1) is 9.41. The standard InChI is InChI=1S/C12H14O2/c1-9(10(2)13)12(8-14-12)11-6-4-3-5-7-11/h3-7,9H,8H2,1-2H3. The van der Waals surface area contributed by atoms with Crippen molar-refractivity contribution in [3.63, 3.8) is 0 Å². The Labute approximate surface area is 83.9 Å². The largest absolute Gasteiger partial charge is 0.364 e. The first-order valence-electron chi connectivity index (χ1n) is 4.87. The van der Waals surface area contributed by atoms with Crippen LogP contribution < -0.4 is 0 Å². The van der Waals surface area contributed by atoms with E-state index in [0.29, 0.717) is 6.61 Å². The lowest BCUT2D eigenvalue weighted by atomic mass is 9.85. The summed E-state index contributed by atoms with van der Waals surface area (Å²) in [4.78, 5) is 11.3. The molecule has 1 saturated heterocycles. The van der Waals surface area contributed by atoms with Crippen molar-refractivity contribution in [2.24, 2.45) is 5.92 Å². The Morgan fingerprint density at radius 1 is 1.43 bits per heavy atom. The molecule has 2 unspecified atom stereocenters. The summed E-state index contributed by atoms with van der Waals surface area (Å²) >= 11 is 0. The molecule has 0 radical (unpaired) electrons. The Morgan fingerprint density at radius 2 is 2.00 bits per heavy atom. The third-order valence-corrected chi connectivity index (χ3v) is 3.03. The van der Waals surface area contributed by atoms with Crippen molar-refractivity contribution in [2.75, 3.05) is 6.61 Å². The molecule has 2 nitrogen and oxygen atoms in total. The highest BCUT2D eigenvalue weighted by Crippen LogP contribution is 2.45. The van der Waals surface area contributed by atoms with E-state index in [9.17, 15) is 4.79 Å². The molecular weight excluding hydrogens is 176 g/mol. The van der Waals surface area contributed by atoms with E-state index in [2.05, 4.69) is 0 Å². The number of ether oxygens (including phenoxy) is 1. The number of hydrogen-bond acceptors (Lipinski definition) is 2. The first-order valence-corrected chi connectivity index (χ1v) is 4.87. The van der Waals surface area contributed by atoms with Crippen molar-refractivity contribution >= 4 is 5.78 Å². The lowest BCUT2D eigenvalue weighted by molar-refractivity contribution is -0.122. The smallest absolute Gasteiger partial charge is 0.135 e. The Balaban J connectivity index is 2.30. The average molecular weight is 190 g/mol. The van der Waals surface area contributed by atoms with Crippen LogP contribution in [0.15, 0.2) is 30.3 Å². The highest BCUT2D eigenvalue weighted by atomic mass is 16.6. The molecule has 14 heavy (non-hydrogen) atoms. The number of ketones is 1. The van der Waals surface area contributed by atoms with E-state index < -0.39 is 0 Å². The molecule has 1 heterocycles. The van der Waals surface area contributed by atoms with Crippen molar-refractivity contribution in [2.45, 2.75) is 19.4 Å². The monoisotopic (exact) mass is 190 g/mol. The fraction of sp³-hybridized carbons (Fsp3) is 0.417. The molecule has 74 valence electrons. The van der Waals surface area contributed by atoms with Gasteiger partial charge in [0.25, 0.3) is 0 Å². The molecule has 0 spiro atoms. The van der Waals surface area contributed by atoms with Gasteiger partial charge < -0.3 is 4.74 Å². The molecule has 1 aromatic rings. The van der Waals surface area contributed by atoms with Crippen molar-refractivity contribution < 1.29 is 9.53 Å². The van der Waals surface area contributed by atoms with Gasteiger partial charge in [-0.25, -0.2) is 0 Å². The SMILES string of the molecule is CC(=O)C(C)C1(c2ccccc2)CO1. The van der Waals surface area contributed by atoms with Gasteiger partial charge in [-0.3, -0.25) is 4.79 Å². The summed E-state index contributed by atoms with van der Waals surface area (Å²) in [5.41, 5.74) is 0.787. The summed E-state index contributed by atoms with van der Waals surface area (Å²) in [7, 11) is 0. The van der Waals surface area contributed by atoms with Gasteiger partial charge in [-0.05, 0) is 12.5 Å². The normalized spacial score (nSPS) is 27.0. The van der Waals surface area contributed by atoms with Crippen LogP contribution in [-0.2, 0) is 15.1 Å². The van der Waals surface area contributed by atoms with E-state index in [-0.39, 0.29) is 17.3 Å². The van der Waals surface area contributed by atoms with Gasteiger partial charge in [-0.1, -0.05) is 37.3 Å². The van der Waals surface area contributed by atoms with Crippen LogP contribution in [0.1, 0.15) is 19.4 Å².